The molecule has 0 aliphatic rings. The molecule has 2 aromatic carbocycles. The molecule has 0 saturated heterocycles. The summed E-state index contributed by atoms with van der Waals surface area (Å²) in [6.07, 6.45) is 0. The smallest absolute Gasteiger partial charge is 0.237 e. The molecular weight excluding hydrogens is 405 g/mol. The molecule has 0 unspecified atom stereocenters. The van der Waals surface area contributed by atoms with Crippen LogP contribution in [0.15, 0.2) is 58.2 Å². The molecule has 9 heteroatoms. The maximum Gasteiger partial charge on any atom is 0.237 e. The normalized spacial score (nSPS) is 11.1. The van der Waals surface area contributed by atoms with Crippen LogP contribution >= 0.6 is 35.0 Å². The molecule has 0 spiro atoms. The predicted molar refractivity (Wildman–Crippen MR) is 106 cm³/mol. The minimum atomic E-state index is 0.493. The second-order valence-electron chi connectivity index (χ2n) is 5.68. The topological polar surface area (TPSA) is 69.6 Å². The highest BCUT2D eigenvalue weighted by atomic mass is 35.5. The van der Waals surface area contributed by atoms with Crippen LogP contribution in [0.1, 0.15) is 5.89 Å². The number of halogens is 2. The number of hydrogen-bond acceptors (Lipinski definition) is 6. The van der Waals surface area contributed by atoms with E-state index in [1.165, 1.54) is 11.8 Å². The molecule has 0 aliphatic carbocycles. The van der Waals surface area contributed by atoms with Crippen LogP contribution in [0.2, 0.25) is 10.0 Å². The van der Waals surface area contributed by atoms with Crippen molar-refractivity contribution in [1.82, 2.24) is 24.9 Å². The summed E-state index contributed by atoms with van der Waals surface area (Å²) >= 11 is 13.3. The number of benzene rings is 2. The second-order valence-corrected chi connectivity index (χ2v) is 7.49. The monoisotopic (exact) mass is 417 g/mol. The first-order valence-corrected chi connectivity index (χ1v) is 9.71. The van der Waals surface area contributed by atoms with Gasteiger partial charge in [0.15, 0.2) is 11.0 Å². The predicted octanol–water partition coefficient (Wildman–Crippen LogP) is 5.13. The summed E-state index contributed by atoms with van der Waals surface area (Å²) in [5.41, 5.74) is 1.80. The third-order valence-corrected chi connectivity index (χ3v) is 5.34. The number of hydrogen-bond donors (Lipinski definition) is 0. The zero-order valence-electron chi connectivity index (χ0n) is 14.1. The van der Waals surface area contributed by atoms with E-state index >= 15 is 0 Å². The lowest BCUT2D eigenvalue weighted by atomic mass is 10.2. The first kappa shape index (κ1) is 18.0. The van der Waals surface area contributed by atoms with Crippen molar-refractivity contribution in [3.63, 3.8) is 0 Å². The average Bonchev–Trinajstić information content (AvgIpc) is 3.28. The van der Waals surface area contributed by atoms with Gasteiger partial charge in [-0.2, -0.15) is 4.98 Å². The summed E-state index contributed by atoms with van der Waals surface area (Å²) in [7, 11) is 1.92. The average molecular weight is 418 g/mol. The van der Waals surface area contributed by atoms with Crippen LogP contribution in [-0.4, -0.2) is 24.9 Å². The number of nitrogens with zero attached hydrogens (tertiary/aromatic N) is 5. The summed E-state index contributed by atoms with van der Waals surface area (Å²) in [5.74, 6) is 2.30. The van der Waals surface area contributed by atoms with E-state index in [9.17, 15) is 0 Å². The highest BCUT2D eigenvalue weighted by Crippen LogP contribution is 2.26. The van der Waals surface area contributed by atoms with E-state index in [4.69, 9.17) is 27.7 Å². The van der Waals surface area contributed by atoms with Crippen molar-refractivity contribution in [2.24, 2.45) is 7.05 Å². The molecule has 0 saturated carbocycles. The van der Waals surface area contributed by atoms with E-state index in [2.05, 4.69) is 20.3 Å². The number of aromatic nitrogens is 5. The minimum Gasteiger partial charge on any atom is -0.338 e. The minimum absolute atomic E-state index is 0.493. The van der Waals surface area contributed by atoms with E-state index in [1.807, 2.05) is 48.0 Å². The van der Waals surface area contributed by atoms with Gasteiger partial charge in [-0.25, -0.2) is 0 Å². The van der Waals surface area contributed by atoms with E-state index in [1.54, 1.807) is 12.1 Å². The van der Waals surface area contributed by atoms with Crippen LogP contribution in [0.4, 0.5) is 0 Å². The Morgan fingerprint density at radius 2 is 1.56 bits per heavy atom. The van der Waals surface area contributed by atoms with Crippen molar-refractivity contribution >= 4 is 35.0 Å². The zero-order chi connectivity index (χ0) is 18.8. The molecule has 2 aromatic heterocycles. The van der Waals surface area contributed by atoms with E-state index < -0.39 is 0 Å². The van der Waals surface area contributed by atoms with Crippen molar-refractivity contribution in [1.29, 1.82) is 0 Å². The van der Waals surface area contributed by atoms with Gasteiger partial charge in [-0.3, -0.25) is 0 Å². The molecule has 136 valence electrons. The first-order chi connectivity index (χ1) is 13.1. The largest absolute Gasteiger partial charge is 0.338 e. The lowest BCUT2D eigenvalue weighted by Crippen LogP contribution is -1.95. The molecular formula is C18H13Cl2N5OS. The third-order valence-electron chi connectivity index (χ3n) is 3.83. The fourth-order valence-electron chi connectivity index (χ4n) is 2.45. The van der Waals surface area contributed by atoms with Gasteiger partial charge in [0.2, 0.25) is 11.7 Å². The molecule has 0 N–H and O–H groups in total. The Hall–Kier alpha value is -2.35. The van der Waals surface area contributed by atoms with Crippen molar-refractivity contribution in [2.75, 3.05) is 0 Å². The molecule has 0 atom stereocenters. The van der Waals surface area contributed by atoms with Crippen LogP contribution in [-0.2, 0) is 12.8 Å². The van der Waals surface area contributed by atoms with Gasteiger partial charge in [-0.1, -0.05) is 40.1 Å². The van der Waals surface area contributed by atoms with Crippen molar-refractivity contribution in [3.8, 4) is 22.8 Å². The molecule has 0 amide bonds. The fraction of sp³-hybridized carbons (Fsp3) is 0.111. The number of thioether (sulfide) groups is 1. The van der Waals surface area contributed by atoms with Crippen LogP contribution in [0.5, 0.6) is 0 Å². The maximum atomic E-state index is 5.94. The Labute approximate surface area is 169 Å². The Bertz CT molecular complexity index is 1060. The van der Waals surface area contributed by atoms with Gasteiger partial charge < -0.3 is 9.09 Å². The molecule has 2 heterocycles. The second kappa shape index (κ2) is 7.72. The van der Waals surface area contributed by atoms with Crippen molar-refractivity contribution in [2.45, 2.75) is 10.9 Å². The van der Waals surface area contributed by atoms with Gasteiger partial charge in [-0.05, 0) is 48.5 Å². The molecule has 0 bridgehead atoms. The van der Waals surface area contributed by atoms with Crippen LogP contribution in [0.3, 0.4) is 0 Å². The Kier molecular flexibility index (Phi) is 5.15. The number of rotatable bonds is 5. The van der Waals surface area contributed by atoms with Crippen molar-refractivity contribution in [3.05, 3.63) is 64.5 Å². The molecule has 6 nitrogen and oxygen atoms in total. The summed E-state index contributed by atoms with van der Waals surface area (Å²) in [4.78, 5) is 4.42. The van der Waals surface area contributed by atoms with Gasteiger partial charge in [-0.15, -0.1) is 10.2 Å². The quantitative estimate of drug-likeness (QED) is 0.419. The molecule has 0 aliphatic heterocycles. The highest BCUT2D eigenvalue weighted by Gasteiger charge is 2.14. The Morgan fingerprint density at radius 1 is 0.926 bits per heavy atom. The summed E-state index contributed by atoms with van der Waals surface area (Å²) < 4.78 is 7.25. The maximum absolute atomic E-state index is 5.94. The van der Waals surface area contributed by atoms with E-state index in [0.29, 0.717) is 27.5 Å². The summed E-state index contributed by atoms with van der Waals surface area (Å²) in [6, 6.07) is 14.8. The molecule has 0 fully saturated rings. The van der Waals surface area contributed by atoms with Gasteiger partial charge in [0.25, 0.3) is 0 Å². The molecule has 27 heavy (non-hydrogen) atoms. The van der Waals surface area contributed by atoms with Gasteiger partial charge in [0, 0.05) is 28.2 Å². The van der Waals surface area contributed by atoms with Crippen LogP contribution < -0.4 is 0 Å². The fourth-order valence-corrected chi connectivity index (χ4v) is 3.45. The highest BCUT2D eigenvalue weighted by molar-refractivity contribution is 7.98. The third kappa shape index (κ3) is 4.00. The first-order valence-electron chi connectivity index (χ1n) is 7.97. The lowest BCUT2D eigenvalue weighted by molar-refractivity contribution is 0.391. The van der Waals surface area contributed by atoms with Gasteiger partial charge >= 0.3 is 0 Å². The van der Waals surface area contributed by atoms with Gasteiger partial charge in [0.05, 0.1) is 5.75 Å². The molecule has 4 aromatic rings. The zero-order valence-corrected chi connectivity index (χ0v) is 16.5. The van der Waals surface area contributed by atoms with Crippen LogP contribution in [0, 0.1) is 0 Å². The molecule has 0 radical (unpaired) electrons. The van der Waals surface area contributed by atoms with E-state index in [0.717, 1.165) is 22.1 Å². The van der Waals surface area contributed by atoms with E-state index in [-0.39, 0.29) is 0 Å². The van der Waals surface area contributed by atoms with Crippen molar-refractivity contribution < 1.29 is 4.52 Å². The van der Waals surface area contributed by atoms with Gasteiger partial charge in [0.1, 0.15) is 0 Å². The Balaban J connectivity index is 1.46. The lowest BCUT2D eigenvalue weighted by Gasteiger charge is -2.03. The SMILES string of the molecule is Cn1c(SCc2nc(-c3ccc(Cl)cc3)no2)nnc1-c1ccc(Cl)cc1. The Morgan fingerprint density at radius 3 is 2.22 bits per heavy atom. The summed E-state index contributed by atoms with van der Waals surface area (Å²) in [5, 5.41) is 14.6. The van der Waals surface area contributed by atoms with Crippen LogP contribution in [0.25, 0.3) is 22.8 Å². The molecule has 4 rings (SSSR count). The standard InChI is InChI=1S/C18H13Cl2N5OS/c1-25-17(12-4-8-14(20)9-5-12)22-23-18(25)27-10-15-21-16(24-26-15)11-2-6-13(19)7-3-11/h2-9H,10H2,1H3. The summed E-state index contributed by atoms with van der Waals surface area (Å²) in [6.45, 7) is 0.